The number of nitrogens with one attached hydrogen (secondary N) is 1. The fourth-order valence-electron chi connectivity index (χ4n) is 1.89. The Bertz CT molecular complexity index is 555. The Labute approximate surface area is 124 Å². The zero-order valence-corrected chi connectivity index (χ0v) is 12.4. The van der Waals surface area contributed by atoms with Crippen LogP contribution in [-0.2, 0) is 13.2 Å². The maximum Gasteiger partial charge on any atom is 0.161 e. The first-order chi connectivity index (χ1) is 9.72. The third-order valence-electron chi connectivity index (χ3n) is 2.92. The molecule has 2 aromatic carbocycles. The van der Waals surface area contributed by atoms with Crippen LogP contribution in [-0.4, -0.2) is 14.2 Å². The molecule has 2 aromatic rings. The van der Waals surface area contributed by atoms with Gasteiger partial charge in [-0.3, -0.25) is 0 Å². The summed E-state index contributed by atoms with van der Waals surface area (Å²) < 4.78 is 11.2. The standard InChI is InChI=1S/C16H18ClNO2/c1-18-10-13-5-8-15(16(9-13)19-2)20-11-12-3-6-14(17)7-4-12/h3-9,18H,10-11H2,1-2H3. The van der Waals surface area contributed by atoms with Crippen LogP contribution in [0, 0.1) is 0 Å². The van der Waals surface area contributed by atoms with Crippen molar-refractivity contribution in [2.24, 2.45) is 0 Å². The highest BCUT2D eigenvalue weighted by atomic mass is 35.5. The van der Waals surface area contributed by atoms with Crippen LogP contribution >= 0.6 is 11.6 Å². The van der Waals surface area contributed by atoms with E-state index in [4.69, 9.17) is 21.1 Å². The molecule has 3 nitrogen and oxygen atoms in total. The average Bonchev–Trinajstić information content (AvgIpc) is 2.47. The van der Waals surface area contributed by atoms with E-state index in [1.54, 1.807) is 7.11 Å². The molecular formula is C16H18ClNO2. The third-order valence-corrected chi connectivity index (χ3v) is 3.17. The molecule has 2 rings (SSSR count). The molecule has 0 aliphatic carbocycles. The molecule has 0 fully saturated rings. The average molecular weight is 292 g/mol. The molecule has 0 saturated heterocycles. The minimum absolute atomic E-state index is 0.485. The number of methoxy groups -OCH3 is 1. The summed E-state index contributed by atoms with van der Waals surface area (Å²) in [5, 5.41) is 3.83. The van der Waals surface area contributed by atoms with Gasteiger partial charge < -0.3 is 14.8 Å². The Morgan fingerprint density at radius 3 is 2.35 bits per heavy atom. The molecule has 106 valence electrons. The Hall–Kier alpha value is -1.71. The Kier molecular flexibility index (Phi) is 5.27. The van der Waals surface area contributed by atoms with Crippen molar-refractivity contribution in [2.45, 2.75) is 13.2 Å². The predicted octanol–water partition coefficient (Wildman–Crippen LogP) is 3.65. The molecule has 0 aromatic heterocycles. The summed E-state index contributed by atoms with van der Waals surface area (Å²) in [5.41, 5.74) is 2.22. The van der Waals surface area contributed by atoms with Gasteiger partial charge >= 0.3 is 0 Å². The van der Waals surface area contributed by atoms with Crippen LogP contribution < -0.4 is 14.8 Å². The van der Waals surface area contributed by atoms with Crippen molar-refractivity contribution in [3.8, 4) is 11.5 Å². The molecule has 0 bridgehead atoms. The number of ether oxygens (including phenoxy) is 2. The summed E-state index contributed by atoms with van der Waals surface area (Å²) in [7, 11) is 3.56. The molecule has 0 aliphatic heterocycles. The van der Waals surface area contributed by atoms with Gasteiger partial charge in [-0.05, 0) is 42.4 Å². The van der Waals surface area contributed by atoms with E-state index in [0.29, 0.717) is 6.61 Å². The summed E-state index contributed by atoms with van der Waals surface area (Å²) in [6.07, 6.45) is 0. The lowest BCUT2D eigenvalue weighted by atomic mass is 10.2. The van der Waals surface area contributed by atoms with Crippen LogP contribution in [0.15, 0.2) is 42.5 Å². The maximum atomic E-state index is 5.86. The molecule has 0 spiro atoms. The van der Waals surface area contributed by atoms with Gasteiger partial charge in [-0.1, -0.05) is 29.8 Å². The normalized spacial score (nSPS) is 10.3. The lowest BCUT2D eigenvalue weighted by Crippen LogP contribution is -2.05. The quantitative estimate of drug-likeness (QED) is 0.881. The van der Waals surface area contributed by atoms with E-state index in [0.717, 1.165) is 34.2 Å². The van der Waals surface area contributed by atoms with Crippen molar-refractivity contribution in [3.63, 3.8) is 0 Å². The van der Waals surface area contributed by atoms with Crippen molar-refractivity contribution in [1.82, 2.24) is 5.32 Å². The Morgan fingerprint density at radius 2 is 1.70 bits per heavy atom. The van der Waals surface area contributed by atoms with E-state index in [9.17, 15) is 0 Å². The second-order valence-electron chi connectivity index (χ2n) is 4.43. The summed E-state index contributed by atoms with van der Waals surface area (Å²) >= 11 is 5.86. The van der Waals surface area contributed by atoms with Crippen molar-refractivity contribution in [1.29, 1.82) is 0 Å². The SMILES string of the molecule is CNCc1ccc(OCc2ccc(Cl)cc2)c(OC)c1. The summed E-state index contributed by atoms with van der Waals surface area (Å²) in [4.78, 5) is 0. The van der Waals surface area contributed by atoms with Crippen molar-refractivity contribution >= 4 is 11.6 Å². The van der Waals surface area contributed by atoms with Gasteiger partial charge in [0.05, 0.1) is 7.11 Å². The summed E-state index contributed by atoms with van der Waals surface area (Å²) in [6, 6.07) is 13.5. The highest BCUT2D eigenvalue weighted by molar-refractivity contribution is 6.30. The molecule has 0 aliphatic rings. The van der Waals surface area contributed by atoms with Gasteiger partial charge in [-0.25, -0.2) is 0 Å². The largest absolute Gasteiger partial charge is 0.493 e. The fourth-order valence-corrected chi connectivity index (χ4v) is 2.01. The predicted molar refractivity (Wildman–Crippen MR) is 81.5 cm³/mol. The molecule has 1 N–H and O–H groups in total. The van der Waals surface area contributed by atoms with Crippen LogP contribution in [0.2, 0.25) is 5.02 Å². The van der Waals surface area contributed by atoms with Crippen LogP contribution in [0.25, 0.3) is 0 Å². The molecule has 0 saturated carbocycles. The Balaban J connectivity index is 2.06. The van der Waals surface area contributed by atoms with Crippen LogP contribution in [0.1, 0.15) is 11.1 Å². The molecule has 0 atom stereocenters. The molecule has 4 heteroatoms. The fraction of sp³-hybridized carbons (Fsp3) is 0.250. The molecule has 0 amide bonds. The molecule has 0 unspecified atom stereocenters. The zero-order chi connectivity index (χ0) is 14.4. The lowest BCUT2D eigenvalue weighted by Gasteiger charge is -2.12. The van der Waals surface area contributed by atoms with E-state index in [1.165, 1.54) is 0 Å². The number of rotatable bonds is 6. The van der Waals surface area contributed by atoms with Crippen LogP contribution in [0.4, 0.5) is 0 Å². The van der Waals surface area contributed by atoms with Crippen LogP contribution in [0.5, 0.6) is 11.5 Å². The number of hydrogen-bond acceptors (Lipinski definition) is 3. The van der Waals surface area contributed by atoms with Gasteiger partial charge in [0.1, 0.15) is 6.61 Å². The second-order valence-corrected chi connectivity index (χ2v) is 4.87. The van der Waals surface area contributed by atoms with E-state index in [1.807, 2.05) is 49.5 Å². The van der Waals surface area contributed by atoms with Gasteiger partial charge in [0.2, 0.25) is 0 Å². The lowest BCUT2D eigenvalue weighted by molar-refractivity contribution is 0.284. The maximum absolute atomic E-state index is 5.86. The monoisotopic (exact) mass is 291 g/mol. The first kappa shape index (κ1) is 14.7. The number of hydrogen-bond donors (Lipinski definition) is 1. The molecule has 0 heterocycles. The van der Waals surface area contributed by atoms with E-state index < -0.39 is 0 Å². The second kappa shape index (κ2) is 7.17. The van der Waals surface area contributed by atoms with E-state index >= 15 is 0 Å². The molecule has 20 heavy (non-hydrogen) atoms. The molecular weight excluding hydrogens is 274 g/mol. The number of halogens is 1. The van der Waals surface area contributed by atoms with Crippen LogP contribution in [0.3, 0.4) is 0 Å². The summed E-state index contributed by atoms with van der Waals surface area (Å²) in [6.45, 7) is 1.28. The minimum Gasteiger partial charge on any atom is -0.493 e. The van der Waals surface area contributed by atoms with Crippen molar-refractivity contribution in [3.05, 3.63) is 58.6 Å². The first-order valence-corrected chi connectivity index (χ1v) is 6.79. The zero-order valence-electron chi connectivity index (χ0n) is 11.7. The van der Waals surface area contributed by atoms with Gasteiger partial charge in [0, 0.05) is 11.6 Å². The number of benzene rings is 2. The van der Waals surface area contributed by atoms with Gasteiger partial charge in [-0.2, -0.15) is 0 Å². The summed E-state index contributed by atoms with van der Waals surface area (Å²) in [5.74, 6) is 1.48. The highest BCUT2D eigenvalue weighted by Gasteiger charge is 2.06. The first-order valence-electron chi connectivity index (χ1n) is 6.41. The van der Waals surface area contributed by atoms with Crippen molar-refractivity contribution < 1.29 is 9.47 Å². The topological polar surface area (TPSA) is 30.5 Å². The van der Waals surface area contributed by atoms with Gasteiger partial charge in [0.25, 0.3) is 0 Å². The van der Waals surface area contributed by atoms with E-state index in [-0.39, 0.29) is 0 Å². The van der Waals surface area contributed by atoms with E-state index in [2.05, 4.69) is 5.32 Å². The smallest absolute Gasteiger partial charge is 0.161 e. The minimum atomic E-state index is 0.485. The third kappa shape index (κ3) is 3.89. The van der Waals surface area contributed by atoms with Crippen molar-refractivity contribution in [2.75, 3.05) is 14.2 Å². The van der Waals surface area contributed by atoms with Gasteiger partial charge in [0.15, 0.2) is 11.5 Å². The highest BCUT2D eigenvalue weighted by Crippen LogP contribution is 2.28. The molecule has 0 radical (unpaired) electrons. The van der Waals surface area contributed by atoms with Gasteiger partial charge in [-0.15, -0.1) is 0 Å². The Morgan fingerprint density at radius 1 is 1.00 bits per heavy atom.